The van der Waals surface area contributed by atoms with Crippen LogP contribution in [0.3, 0.4) is 0 Å². The lowest BCUT2D eigenvalue weighted by molar-refractivity contribution is -0.117. The summed E-state index contributed by atoms with van der Waals surface area (Å²) in [5.41, 5.74) is 9.99. The third-order valence-corrected chi connectivity index (χ3v) is 4.84. The summed E-state index contributed by atoms with van der Waals surface area (Å²) in [6.45, 7) is 3.65. The highest BCUT2D eigenvalue weighted by molar-refractivity contribution is 5.94. The molecule has 4 rings (SSSR count). The van der Waals surface area contributed by atoms with Crippen LogP contribution in [0.25, 0.3) is 11.3 Å². The lowest BCUT2D eigenvalue weighted by Gasteiger charge is -2.39. The molecule has 2 atom stereocenters. The highest BCUT2D eigenvalue weighted by Crippen LogP contribution is 2.40. The molecule has 138 valence electrons. The zero-order valence-corrected chi connectivity index (χ0v) is 15.2. The molecule has 1 aliphatic rings. The van der Waals surface area contributed by atoms with Gasteiger partial charge < -0.3 is 16.0 Å². The van der Waals surface area contributed by atoms with Crippen LogP contribution in [0.4, 0.5) is 17.2 Å². The first-order chi connectivity index (χ1) is 13.0. The minimum absolute atomic E-state index is 0.00794. The van der Waals surface area contributed by atoms with Crippen LogP contribution < -0.4 is 16.0 Å². The van der Waals surface area contributed by atoms with Gasteiger partial charge >= 0.3 is 0 Å². The lowest BCUT2D eigenvalue weighted by Crippen LogP contribution is -2.43. The van der Waals surface area contributed by atoms with Gasteiger partial charge in [0.2, 0.25) is 5.91 Å². The van der Waals surface area contributed by atoms with Gasteiger partial charge in [0.15, 0.2) is 0 Å². The van der Waals surface area contributed by atoms with E-state index in [0.717, 1.165) is 34.7 Å². The Balaban J connectivity index is 1.76. The largest absolute Gasteiger partial charge is 0.397 e. The molecule has 3 heterocycles. The first-order valence-electron chi connectivity index (χ1n) is 8.81. The molecule has 1 aliphatic heterocycles. The summed E-state index contributed by atoms with van der Waals surface area (Å²) in [4.78, 5) is 18.4. The van der Waals surface area contributed by atoms with Crippen molar-refractivity contribution in [1.29, 1.82) is 0 Å². The lowest BCUT2D eigenvalue weighted by atomic mass is 9.90. The van der Waals surface area contributed by atoms with Gasteiger partial charge in [0.1, 0.15) is 11.5 Å². The Morgan fingerprint density at radius 1 is 1.33 bits per heavy atom. The quantitative estimate of drug-likeness (QED) is 0.659. The highest BCUT2D eigenvalue weighted by Gasteiger charge is 2.32. The summed E-state index contributed by atoms with van der Waals surface area (Å²) in [5.74, 6) is 0.775. The molecule has 1 amide bonds. The maximum Gasteiger partial charge on any atom is 0.224 e. The molecular weight excluding hydrogens is 342 g/mol. The molecular formula is C19H21N7O. The number of carbonyl (C=O) groups excluding carboxylic acids is 1. The molecule has 0 unspecified atom stereocenters. The third-order valence-electron chi connectivity index (χ3n) is 4.84. The number of nitrogens with zero attached hydrogens (tertiary/aromatic N) is 4. The van der Waals surface area contributed by atoms with E-state index in [1.807, 2.05) is 29.2 Å². The van der Waals surface area contributed by atoms with Gasteiger partial charge in [-0.3, -0.25) is 9.89 Å². The predicted octanol–water partition coefficient (Wildman–Crippen LogP) is 2.75. The van der Waals surface area contributed by atoms with Crippen molar-refractivity contribution in [3.05, 3.63) is 48.3 Å². The molecule has 27 heavy (non-hydrogen) atoms. The Morgan fingerprint density at radius 2 is 2.19 bits per heavy atom. The third kappa shape index (κ3) is 3.21. The molecule has 4 N–H and O–H groups in total. The number of hydrogen-bond donors (Lipinski definition) is 3. The van der Waals surface area contributed by atoms with Crippen molar-refractivity contribution >= 4 is 23.1 Å². The number of pyridine rings is 1. The fourth-order valence-corrected chi connectivity index (χ4v) is 3.65. The standard InChI is InChI=1S/C19H21N7O/c1-11-7-16(23-19-6-4-14(20)9-21-19)15-8-13(17-10-22-25-24-17)3-5-18(15)26(11)12(2)27/h3-6,8-11,16H,7,20H2,1-2H3,(H,21,23)(H,22,24,25)/t11-,16+/m0/s1. The number of benzene rings is 1. The molecule has 0 saturated carbocycles. The minimum Gasteiger partial charge on any atom is -0.397 e. The van der Waals surface area contributed by atoms with Crippen molar-refractivity contribution in [2.45, 2.75) is 32.4 Å². The van der Waals surface area contributed by atoms with E-state index in [4.69, 9.17) is 5.73 Å². The SMILES string of the molecule is CC(=O)N1c2ccc(-c3c[nH]nn3)cc2[C@H](Nc2ccc(N)cn2)C[C@@H]1C. The summed E-state index contributed by atoms with van der Waals surface area (Å²) in [7, 11) is 0. The number of nitrogens with one attached hydrogen (secondary N) is 2. The van der Waals surface area contributed by atoms with E-state index in [0.29, 0.717) is 5.69 Å². The normalized spacial score (nSPS) is 18.8. The van der Waals surface area contributed by atoms with Crippen LogP contribution in [0, 0.1) is 0 Å². The zero-order chi connectivity index (χ0) is 19.0. The van der Waals surface area contributed by atoms with E-state index >= 15 is 0 Å². The number of rotatable bonds is 3. The van der Waals surface area contributed by atoms with Crippen molar-refractivity contribution in [2.75, 3.05) is 16.0 Å². The molecule has 0 spiro atoms. The maximum absolute atomic E-state index is 12.2. The first kappa shape index (κ1) is 17.0. The van der Waals surface area contributed by atoms with Crippen LogP contribution in [0.15, 0.2) is 42.7 Å². The van der Waals surface area contributed by atoms with Crippen LogP contribution >= 0.6 is 0 Å². The predicted molar refractivity (Wildman–Crippen MR) is 104 cm³/mol. The molecule has 0 radical (unpaired) electrons. The maximum atomic E-state index is 12.2. The van der Waals surface area contributed by atoms with Crippen LogP contribution in [0.2, 0.25) is 0 Å². The number of aromatic amines is 1. The van der Waals surface area contributed by atoms with E-state index < -0.39 is 0 Å². The second-order valence-electron chi connectivity index (χ2n) is 6.78. The fraction of sp³-hybridized carbons (Fsp3) is 0.263. The Morgan fingerprint density at radius 3 is 2.85 bits per heavy atom. The number of anilines is 3. The summed E-state index contributed by atoms with van der Waals surface area (Å²) < 4.78 is 0. The minimum atomic E-state index is 0.00794. The number of nitrogen functional groups attached to an aromatic ring is 1. The number of fused-ring (bicyclic) bond motifs is 1. The second kappa shape index (κ2) is 6.71. The van der Waals surface area contributed by atoms with Crippen LogP contribution in [0.1, 0.15) is 31.9 Å². The molecule has 0 bridgehead atoms. The highest BCUT2D eigenvalue weighted by atomic mass is 16.2. The molecule has 0 aliphatic carbocycles. The summed E-state index contributed by atoms with van der Waals surface area (Å²) in [6.07, 6.45) is 4.14. The van der Waals surface area contributed by atoms with Crippen LogP contribution in [0.5, 0.6) is 0 Å². The van der Waals surface area contributed by atoms with Crippen molar-refractivity contribution < 1.29 is 4.79 Å². The Hall–Kier alpha value is -3.42. The number of carbonyl (C=O) groups is 1. The number of hydrogen-bond acceptors (Lipinski definition) is 6. The average molecular weight is 363 g/mol. The number of nitrogens with two attached hydrogens (primary N) is 1. The first-order valence-corrected chi connectivity index (χ1v) is 8.81. The van der Waals surface area contributed by atoms with Gasteiger partial charge in [0, 0.05) is 30.4 Å². The average Bonchev–Trinajstić information content (AvgIpc) is 3.18. The van der Waals surface area contributed by atoms with Crippen molar-refractivity contribution in [3.63, 3.8) is 0 Å². The van der Waals surface area contributed by atoms with Crippen molar-refractivity contribution in [2.24, 2.45) is 0 Å². The number of H-pyrrole nitrogens is 1. The molecule has 0 fully saturated rings. The second-order valence-corrected chi connectivity index (χ2v) is 6.78. The monoisotopic (exact) mass is 363 g/mol. The Kier molecular flexibility index (Phi) is 4.23. The number of amides is 1. The van der Waals surface area contributed by atoms with Gasteiger partial charge in [-0.2, -0.15) is 0 Å². The smallest absolute Gasteiger partial charge is 0.224 e. The molecule has 0 saturated heterocycles. The van der Waals surface area contributed by atoms with E-state index in [-0.39, 0.29) is 18.0 Å². The van der Waals surface area contributed by atoms with Crippen LogP contribution in [-0.4, -0.2) is 32.3 Å². The van der Waals surface area contributed by atoms with Gasteiger partial charge in [-0.15, -0.1) is 5.10 Å². The summed E-state index contributed by atoms with van der Waals surface area (Å²) in [5, 5.41) is 14.1. The topological polar surface area (TPSA) is 113 Å². The van der Waals surface area contributed by atoms with Gasteiger partial charge in [0.25, 0.3) is 0 Å². The zero-order valence-electron chi connectivity index (χ0n) is 15.2. The van der Waals surface area contributed by atoms with Crippen molar-refractivity contribution in [1.82, 2.24) is 20.4 Å². The molecule has 2 aromatic heterocycles. The van der Waals surface area contributed by atoms with Crippen molar-refractivity contribution in [3.8, 4) is 11.3 Å². The van der Waals surface area contributed by atoms with Gasteiger partial charge in [-0.05, 0) is 43.2 Å². The van der Waals surface area contributed by atoms with E-state index in [1.165, 1.54) is 0 Å². The van der Waals surface area contributed by atoms with E-state index in [1.54, 1.807) is 19.3 Å². The summed E-state index contributed by atoms with van der Waals surface area (Å²) >= 11 is 0. The fourth-order valence-electron chi connectivity index (χ4n) is 3.65. The molecule has 3 aromatic rings. The van der Waals surface area contributed by atoms with Gasteiger partial charge in [-0.25, -0.2) is 4.98 Å². The van der Waals surface area contributed by atoms with E-state index in [9.17, 15) is 4.79 Å². The molecule has 1 aromatic carbocycles. The number of aromatic nitrogens is 4. The summed E-state index contributed by atoms with van der Waals surface area (Å²) in [6, 6.07) is 9.75. The molecule has 8 nitrogen and oxygen atoms in total. The van der Waals surface area contributed by atoms with Crippen LogP contribution in [-0.2, 0) is 4.79 Å². The Bertz CT molecular complexity index is 953. The Labute approximate surface area is 156 Å². The van der Waals surface area contributed by atoms with Gasteiger partial charge in [0.05, 0.1) is 17.9 Å². The van der Waals surface area contributed by atoms with E-state index in [2.05, 4.69) is 38.7 Å². The van der Waals surface area contributed by atoms with Gasteiger partial charge in [-0.1, -0.05) is 11.3 Å². The molecule has 8 heteroatoms.